The van der Waals surface area contributed by atoms with E-state index in [-0.39, 0.29) is 17.6 Å². The molecule has 1 fully saturated rings. The average molecular weight is 323 g/mol. The van der Waals surface area contributed by atoms with Crippen molar-refractivity contribution in [1.29, 1.82) is 0 Å². The quantitative estimate of drug-likeness (QED) is 0.802. The van der Waals surface area contributed by atoms with Gasteiger partial charge in [-0.3, -0.25) is 4.79 Å². The Labute approximate surface area is 133 Å². The molecule has 2 atom stereocenters. The van der Waals surface area contributed by atoms with Gasteiger partial charge in [0.1, 0.15) is 5.78 Å². The average Bonchev–Trinajstić information content (AvgIpc) is 2.86. The summed E-state index contributed by atoms with van der Waals surface area (Å²) in [7, 11) is -3.44. The van der Waals surface area contributed by atoms with Crippen LogP contribution in [0.4, 0.5) is 0 Å². The molecule has 0 N–H and O–H groups in total. The lowest BCUT2D eigenvalue weighted by Gasteiger charge is -2.32. The molecule has 3 rings (SSSR count). The molecule has 1 aliphatic heterocycles. The lowest BCUT2D eigenvalue weighted by molar-refractivity contribution is -0.121. The minimum atomic E-state index is -3.44. The van der Waals surface area contributed by atoms with Gasteiger partial charge < -0.3 is 0 Å². The Kier molecular flexibility index (Phi) is 4.29. The van der Waals surface area contributed by atoms with Gasteiger partial charge in [0.2, 0.25) is 10.0 Å². The molecule has 0 spiro atoms. The van der Waals surface area contributed by atoms with E-state index < -0.39 is 10.0 Å². The van der Waals surface area contributed by atoms with Crippen LogP contribution in [0.2, 0.25) is 0 Å². The Bertz CT molecular complexity index is 645. The first-order chi connectivity index (χ1) is 10.4. The topological polar surface area (TPSA) is 54.5 Å². The number of allylic oxidation sites excluding steroid dienone is 4. The van der Waals surface area contributed by atoms with E-state index in [9.17, 15) is 13.2 Å². The predicted molar refractivity (Wildman–Crippen MR) is 86.6 cm³/mol. The maximum atomic E-state index is 13.0. The molecule has 0 amide bonds. The highest BCUT2D eigenvalue weighted by Gasteiger charge is 2.38. The molecule has 22 heavy (non-hydrogen) atoms. The number of carbonyl (C=O) groups excluding carboxylic acids is 1. The molecular weight excluding hydrogens is 298 g/mol. The summed E-state index contributed by atoms with van der Waals surface area (Å²) >= 11 is 0. The number of sulfonamides is 1. The third-order valence-electron chi connectivity index (χ3n) is 5.42. The van der Waals surface area contributed by atoms with E-state index in [2.05, 4.69) is 0 Å². The highest BCUT2D eigenvalue weighted by molar-refractivity contribution is 7.93. The Hall–Kier alpha value is -0.940. The van der Waals surface area contributed by atoms with Gasteiger partial charge in [0.25, 0.3) is 0 Å². The van der Waals surface area contributed by atoms with Crippen LogP contribution in [0.5, 0.6) is 0 Å². The molecule has 5 heteroatoms. The van der Waals surface area contributed by atoms with Crippen LogP contribution in [0.15, 0.2) is 22.1 Å². The van der Waals surface area contributed by atoms with Crippen molar-refractivity contribution in [3.63, 3.8) is 0 Å². The molecule has 0 saturated carbocycles. The Morgan fingerprint density at radius 2 is 1.95 bits per heavy atom. The number of Topliss-reactive ketones (excluding diaryl/α,β-unsaturated/α-hetero) is 1. The van der Waals surface area contributed by atoms with Crippen molar-refractivity contribution in [2.24, 2.45) is 11.8 Å². The molecule has 0 aromatic carbocycles. The SMILES string of the molecule is CC(=O)C1CCCN(S(=O)(=O)C2=CC3=C(CCCC3)[C@H]2C)C1. The molecule has 0 bridgehead atoms. The van der Waals surface area contributed by atoms with E-state index in [4.69, 9.17) is 0 Å². The summed E-state index contributed by atoms with van der Waals surface area (Å²) in [4.78, 5) is 12.2. The van der Waals surface area contributed by atoms with Crippen LogP contribution in [0, 0.1) is 11.8 Å². The van der Waals surface area contributed by atoms with Crippen LogP contribution >= 0.6 is 0 Å². The summed E-state index contributed by atoms with van der Waals surface area (Å²) in [6.45, 7) is 4.48. The van der Waals surface area contributed by atoms with Gasteiger partial charge in [-0.05, 0) is 57.1 Å². The fourth-order valence-corrected chi connectivity index (χ4v) is 5.94. The molecule has 122 valence electrons. The Morgan fingerprint density at radius 1 is 1.23 bits per heavy atom. The van der Waals surface area contributed by atoms with Crippen LogP contribution in [0.1, 0.15) is 52.4 Å². The minimum absolute atomic E-state index is 0.0120. The number of rotatable bonds is 3. The van der Waals surface area contributed by atoms with E-state index in [0.29, 0.717) is 18.0 Å². The molecule has 1 heterocycles. The van der Waals surface area contributed by atoms with E-state index in [1.807, 2.05) is 13.0 Å². The summed E-state index contributed by atoms with van der Waals surface area (Å²) in [6.07, 6.45) is 7.87. The molecule has 0 radical (unpaired) electrons. The van der Waals surface area contributed by atoms with Crippen LogP contribution in [-0.2, 0) is 14.8 Å². The van der Waals surface area contributed by atoms with Gasteiger partial charge in [0.05, 0.1) is 4.91 Å². The Morgan fingerprint density at radius 3 is 2.64 bits per heavy atom. The molecular formula is C17H25NO3S. The smallest absolute Gasteiger partial charge is 0.239 e. The highest BCUT2D eigenvalue weighted by Crippen LogP contribution is 2.43. The van der Waals surface area contributed by atoms with Crippen LogP contribution in [0.25, 0.3) is 0 Å². The zero-order valence-electron chi connectivity index (χ0n) is 13.5. The van der Waals surface area contributed by atoms with Crippen molar-refractivity contribution in [3.8, 4) is 0 Å². The number of hydrogen-bond acceptors (Lipinski definition) is 3. The van der Waals surface area contributed by atoms with Crippen molar-refractivity contribution in [2.45, 2.75) is 52.4 Å². The molecule has 3 aliphatic rings. The zero-order chi connectivity index (χ0) is 15.9. The maximum Gasteiger partial charge on any atom is 0.239 e. The lowest BCUT2D eigenvalue weighted by Crippen LogP contribution is -2.42. The summed E-state index contributed by atoms with van der Waals surface area (Å²) in [5, 5.41) is 0. The maximum absolute atomic E-state index is 13.0. The largest absolute Gasteiger partial charge is 0.300 e. The molecule has 1 saturated heterocycles. The Balaban J connectivity index is 1.83. The summed E-state index contributed by atoms with van der Waals surface area (Å²) in [6, 6.07) is 0. The fraction of sp³-hybridized carbons (Fsp3) is 0.706. The summed E-state index contributed by atoms with van der Waals surface area (Å²) in [5.74, 6) is -0.0211. The van der Waals surface area contributed by atoms with E-state index in [1.165, 1.54) is 17.6 Å². The highest BCUT2D eigenvalue weighted by atomic mass is 32.2. The van der Waals surface area contributed by atoms with Gasteiger partial charge in [-0.15, -0.1) is 0 Å². The van der Waals surface area contributed by atoms with Crippen molar-refractivity contribution >= 4 is 15.8 Å². The first-order valence-corrected chi connectivity index (χ1v) is 9.79. The van der Waals surface area contributed by atoms with Gasteiger partial charge in [0, 0.05) is 24.9 Å². The van der Waals surface area contributed by atoms with E-state index in [0.717, 1.165) is 32.1 Å². The number of nitrogens with zero attached hydrogens (tertiary/aromatic N) is 1. The van der Waals surface area contributed by atoms with Gasteiger partial charge in [-0.25, -0.2) is 8.42 Å². The number of piperidine rings is 1. The third-order valence-corrected chi connectivity index (χ3v) is 7.50. The van der Waals surface area contributed by atoms with Crippen LogP contribution < -0.4 is 0 Å². The van der Waals surface area contributed by atoms with Gasteiger partial charge >= 0.3 is 0 Å². The first-order valence-electron chi connectivity index (χ1n) is 8.35. The van der Waals surface area contributed by atoms with Crippen molar-refractivity contribution in [1.82, 2.24) is 4.31 Å². The predicted octanol–water partition coefficient (Wildman–Crippen LogP) is 3.02. The van der Waals surface area contributed by atoms with Gasteiger partial charge in [0.15, 0.2) is 0 Å². The minimum Gasteiger partial charge on any atom is -0.300 e. The number of carbonyl (C=O) groups is 1. The standard InChI is InChI=1S/C17H25NO3S/c1-12-16-8-4-3-6-14(16)10-17(12)22(20,21)18-9-5-7-15(11-18)13(2)19/h10,12,15H,3-9,11H2,1-2H3/t12-,15?/m1/s1. The van der Waals surface area contributed by atoms with Crippen molar-refractivity contribution in [2.75, 3.05) is 13.1 Å². The summed E-state index contributed by atoms with van der Waals surface area (Å²) in [5.41, 5.74) is 2.57. The number of hydrogen-bond donors (Lipinski definition) is 0. The monoisotopic (exact) mass is 323 g/mol. The van der Waals surface area contributed by atoms with E-state index in [1.54, 1.807) is 11.2 Å². The lowest BCUT2D eigenvalue weighted by atomic mass is 9.89. The normalized spacial score (nSPS) is 30.2. The summed E-state index contributed by atoms with van der Waals surface area (Å²) < 4.78 is 27.6. The number of ketones is 1. The zero-order valence-corrected chi connectivity index (χ0v) is 14.3. The fourth-order valence-electron chi connectivity index (χ4n) is 4.02. The molecule has 4 nitrogen and oxygen atoms in total. The molecule has 0 aromatic rings. The van der Waals surface area contributed by atoms with Gasteiger partial charge in [-0.1, -0.05) is 12.5 Å². The third kappa shape index (κ3) is 2.69. The van der Waals surface area contributed by atoms with Crippen molar-refractivity contribution < 1.29 is 13.2 Å². The molecule has 1 unspecified atom stereocenters. The molecule has 0 aromatic heterocycles. The van der Waals surface area contributed by atoms with Crippen LogP contribution in [-0.4, -0.2) is 31.6 Å². The van der Waals surface area contributed by atoms with E-state index >= 15 is 0 Å². The second-order valence-corrected chi connectivity index (χ2v) is 8.78. The van der Waals surface area contributed by atoms with Crippen molar-refractivity contribution in [3.05, 3.63) is 22.1 Å². The second kappa shape index (κ2) is 5.93. The van der Waals surface area contributed by atoms with Crippen LogP contribution in [0.3, 0.4) is 0 Å². The van der Waals surface area contributed by atoms with Gasteiger partial charge in [-0.2, -0.15) is 4.31 Å². The molecule has 2 aliphatic carbocycles. The second-order valence-electron chi connectivity index (χ2n) is 6.84. The first kappa shape index (κ1) is 15.9.